The minimum absolute atomic E-state index is 0.0780. The summed E-state index contributed by atoms with van der Waals surface area (Å²) in [5.41, 5.74) is 0.520. The number of benzene rings is 1. The summed E-state index contributed by atoms with van der Waals surface area (Å²) in [5, 5.41) is 6.98. The second kappa shape index (κ2) is 7.20. The van der Waals surface area contributed by atoms with Gasteiger partial charge in [-0.2, -0.15) is 5.10 Å². The SMILES string of the molecule is COc1ccc(S(=O)(=O)C(C)(C)C(=O)Nc2cc(C(C)(C)C)nn2C)cc1F. The molecule has 0 radical (unpaired) electrons. The van der Waals surface area contributed by atoms with Crippen LogP contribution < -0.4 is 10.1 Å². The number of ether oxygens (including phenoxy) is 1. The van der Waals surface area contributed by atoms with Crippen LogP contribution >= 0.6 is 0 Å². The van der Waals surface area contributed by atoms with Crippen molar-refractivity contribution in [3.63, 3.8) is 0 Å². The lowest BCUT2D eigenvalue weighted by Crippen LogP contribution is -2.44. The molecule has 154 valence electrons. The zero-order valence-corrected chi connectivity index (χ0v) is 17.9. The maximum atomic E-state index is 14.0. The number of hydrogen-bond acceptors (Lipinski definition) is 5. The molecule has 0 spiro atoms. The fourth-order valence-electron chi connectivity index (χ4n) is 2.45. The lowest BCUT2D eigenvalue weighted by molar-refractivity contribution is -0.117. The van der Waals surface area contributed by atoms with Gasteiger partial charge in [0.05, 0.1) is 17.7 Å². The standard InChI is InChI=1S/C19H26FN3O4S/c1-18(2,3)15-11-16(23(6)22-15)21-17(24)19(4,5)28(25,26)12-8-9-14(27-7)13(20)10-12/h8-11H,1-7H3,(H,21,24). The maximum Gasteiger partial charge on any atom is 0.246 e. The summed E-state index contributed by atoms with van der Waals surface area (Å²) in [6, 6.07) is 4.99. The highest BCUT2D eigenvalue weighted by Crippen LogP contribution is 2.30. The Hall–Kier alpha value is -2.42. The number of anilines is 1. The van der Waals surface area contributed by atoms with E-state index in [2.05, 4.69) is 10.4 Å². The molecule has 9 heteroatoms. The molecule has 7 nitrogen and oxygen atoms in total. The fraction of sp³-hybridized carbons (Fsp3) is 0.474. The van der Waals surface area contributed by atoms with E-state index < -0.39 is 26.3 Å². The lowest BCUT2D eigenvalue weighted by Gasteiger charge is -2.24. The van der Waals surface area contributed by atoms with Crippen molar-refractivity contribution >= 4 is 21.6 Å². The molecule has 2 rings (SSSR count). The Balaban J connectivity index is 2.36. The van der Waals surface area contributed by atoms with Crippen LogP contribution in [0.1, 0.15) is 40.3 Å². The minimum atomic E-state index is -4.18. The van der Waals surface area contributed by atoms with Gasteiger partial charge in [0.1, 0.15) is 10.6 Å². The van der Waals surface area contributed by atoms with Crippen LogP contribution in [0.3, 0.4) is 0 Å². The molecule has 0 saturated carbocycles. The Bertz CT molecular complexity index is 1000. The highest BCUT2D eigenvalue weighted by molar-refractivity contribution is 7.93. The molecule has 0 unspecified atom stereocenters. The number of hydrogen-bond donors (Lipinski definition) is 1. The number of nitrogens with one attached hydrogen (secondary N) is 1. The zero-order valence-electron chi connectivity index (χ0n) is 17.1. The number of rotatable bonds is 5. The van der Waals surface area contributed by atoms with Gasteiger partial charge in [-0.15, -0.1) is 0 Å². The first-order valence-corrected chi connectivity index (χ1v) is 10.1. The topological polar surface area (TPSA) is 90.3 Å². The third kappa shape index (κ3) is 3.89. The molecule has 0 aliphatic heterocycles. The van der Waals surface area contributed by atoms with Crippen LogP contribution in [-0.4, -0.2) is 36.0 Å². The summed E-state index contributed by atoms with van der Waals surface area (Å²) >= 11 is 0. The van der Waals surface area contributed by atoms with Gasteiger partial charge in [-0.1, -0.05) is 20.8 Å². The minimum Gasteiger partial charge on any atom is -0.494 e. The van der Waals surface area contributed by atoms with E-state index in [1.54, 1.807) is 13.1 Å². The van der Waals surface area contributed by atoms with Crippen molar-refractivity contribution in [1.29, 1.82) is 0 Å². The van der Waals surface area contributed by atoms with Crippen LogP contribution in [0, 0.1) is 5.82 Å². The number of methoxy groups -OCH3 is 1. The van der Waals surface area contributed by atoms with Crippen LogP contribution in [0.5, 0.6) is 5.75 Å². The summed E-state index contributed by atoms with van der Waals surface area (Å²) in [6.07, 6.45) is 0. The van der Waals surface area contributed by atoms with Crippen molar-refractivity contribution < 1.29 is 22.3 Å². The molecule has 0 saturated heterocycles. The second-order valence-corrected chi connectivity index (χ2v) is 10.6. The van der Waals surface area contributed by atoms with Crippen LogP contribution in [0.2, 0.25) is 0 Å². The lowest BCUT2D eigenvalue weighted by atomic mass is 9.92. The highest BCUT2D eigenvalue weighted by atomic mass is 32.2. The van der Waals surface area contributed by atoms with Gasteiger partial charge < -0.3 is 10.1 Å². The zero-order chi connectivity index (χ0) is 21.5. The quantitative estimate of drug-likeness (QED) is 0.817. The molecule has 1 amide bonds. The van der Waals surface area contributed by atoms with Crippen LogP contribution in [0.25, 0.3) is 0 Å². The molecule has 1 aromatic heterocycles. The van der Waals surface area contributed by atoms with Crippen molar-refractivity contribution in [3.8, 4) is 5.75 Å². The normalized spacial score (nSPS) is 12.7. The van der Waals surface area contributed by atoms with Gasteiger partial charge in [-0.3, -0.25) is 9.48 Å². The smallest absolute Gasteiger partial charge is 0.246 e. The maximum absolute atomic E-state index is 14.0. The van der Waals surface area contributed by atoms with E-state index in [1.165, 1.54) is 37.8 Å². The van der Waals surface area contributed by atoms with Gasteiger partial charge in [0.25, 0.3) is 0 Å². The molecule has 0 atom stereocenters. The first-order valence-electron chi connectivity index (χ1n) is 8.66. The molecular formula is C19H26FN3O4S. The number of amides is 1. The van der Waals surface area contributed by atoms with Crippen molar-refractivity contribution in [2.75, 3.05) is 12.4 Å². The molecule has 28 heavy (non-hydrogen) atoms. The largest absolute Gasteiger partial charge is 0.494 e. The molecule has 1 heterocycles. The number of halogens is 1. The van der Waals surface area contributed by atoms with Gasteiger partial charge in [0.2, 0.25) is 5.91 Å². The summed E-state index contributed by atoms with van der Waals surface area (Å²) in [6.45, 7) is 8.50. The van der Waals surface area contributed by atoms with E-state index >= 15 is 0 Å². The number of aryl methyl sites for hydroxylation is 1. The third-order valence-corrected chi connectivity index (χ3v) is 6.95. The van der Waals surface area contributed by atoms with Crippen molar-refractivity contribution in [3.05, 3.63) is 35.8 Å². The van der Waals surface area contributed by atoms with E-state index in [9.17, 15) is 17.6 Å². The molecule has 0 aliphatic rings. The number of carbonyl (C=O) groups is 1. The second-order valence-electron chi connectivity index (χ2n) is 8.05. The molecule has 0 bridgehead atoms. The predicted molar refractivity (Wildman–Crippen MR) is 105 cm³/mol. The summed E-state index contributed by atoms with van der Waals surface area (Å²) < 4.78 is 44.4. The number of sulfone groups is 1. The van der Waals surface area contributed by atoms with E-state index in [4.69, 9.17) is 4.74 Å². The molecule has 2 aromatic rings. The molecule has 1 N–H and O–H groups in total. The number of aromatic nitrogens is 2. The average Bonchev–Trinajstić information content (AvgIpc) is 2.95. The Morgan fingerprint density at radius 1 is 1.18 bits per heavy atom. The van der Waals surface area contributed by atoms with Gasteiger partial charge in [-0.25, -0.2) is 12.8 Å². The van der Waals surface area contributed by atoms with Gasteiger partial charge in [0, 0.05) is 18.5 Å². The van der Waals surface area contributed by atoms with Crippen molar-refractivity contribution in [2.24, 2.45) is 7.05 Å². The third-order valence-electron chi connectivity index (χ3n) is 4.54. The molecule has 0 aliphatic carbocycles. The van der Waals surface area contributed by atoms with E-state index in [0.717, 1.165) is 11.8 Å². The fourth-order valence-corrected chi connectivity index (χ4v) is 3.84. The Morgan fingerprint density at radius 3 is 2.25 bits per heavy atom. The van der Waals surface area contributed by atoms with Crippen LogP contribution in [-0.2, 0) is 27.1 Å². The number of carbonyl (C=O) groups excluding carboxylic acids is 1. The van der Waals surface area contributed by atoms with Gasteiger partial charge >= 0.3 is 0 Å². The first kappa shape index (κ1) is 21.9. The van der Waals surface area contributed by atoms with Gasteiger partial charge in [-0.05, 0) is 32.0 Å². The van der Waals surface area contributed by atoms with Crippen molar-refractivity contribution in [2.45, 2.75) is 49.7 Å². The Morgan fingerprint density at radius 2 is 1.79 bits per heavy atom. The van der Waals surface area contributed by atoms with Crippen LogP contribution in [0.15, 0.2) is 29.2 Å². The Kier molecular flexibility index (Phi) is 5.62. The molecule has 1 aromatic carbocycles. The summed E-state index contributed by atoms with van der Waals surface area (Å²) in [7, 11) is -1.24. The van der Waals surface area contributed by atoms with E-state index in [-0.39, 0.29) is 16.1 Å². The summed E-state index contributed by atoms with van der Waals surface area (Å²) in [5.74, 6) is -1.27. The average molecular weight is 411 g/mol. The molecular weight excluding hydrogens is 385 g/mol. The monoisotopic (exact) mass is 411 g/mol. The summed E-state index contributed by atoms with van der Waals surface area (Å²) in [4.78, 5) is 12.5. The Labute approximate surface area is 164 Å². The van der Waals surface area contributed by atoms with Gasteiger partial charge in [0.15, 0.2) is 21.4 Å². The highest BCUT2D eigenvalue weighted by Gasteiger charge is 2.43. The first-order chi connectivity index (χ1) is 12.7. The number of nitrogens with zero attached hydrogens (tertiary/aromatic N) is 2. The van der Waals surface area contributed by atoms with Crippen molar-refractivity contribution in [1.82, 2.24) is 9.78 Å². The molecule has 0 fully saturated rings. The van der Waals surface area contributed by atoms with E-state index in [1.807, 2.05) is 20.8 Å². The van der Waals surface area contributed by atoms with E-state index in [0.29, 0.717) is 5.82 Å². The van der Waals surface area contributed by atoms with Crippen LogP contribution in [0.4, 0.5) is 10.2 Å². The predicted octanol–water partition coefficient (Wildman–Crippen LogP) is 3.06.